The van der Waals surface area contributed by atoms with E-state index in [-0.39, 0.29) is 11.7 Å². The lowest BCUT2D eigenvalue weighted by molar-refractivity contribution is 0.0954. The molecule has 0 saturated carbocycles. The fourth-order valence-corrected chi connectivity index (χ4v) is 1.97. The molecule has 2 rings (SSSR count). The molecule has 0 bridgehead atoms. The van der Waals surface area contributed by atoms with Crippen molar-refractivity contribution in [3.8, 4) is 11.5 Å². The van der Waals surface area contributed by atoms with Crippen LogP contribution in [0.15, 0.2) is 53.6 Å². The van der Waals surface area contributed by atoms with Crippen LogP contribution in [0.5, 0.6) is 11.5 Å². The first kappa shape index (κ1) is 17.5. The van der Waals surface area contributed by atoms with E-state index in [0.29, 0.717) is 23.8 Å². The first-order chi connectivity index (χ1) is 11.5. The quantitative estimate of drug-likeness (QED) is 0.629. The van der Waals surface area contributed by atoms with Gasteiger partial charge in [-0.25, -0.2) is 5.43 Å². The summed E-state index contributed by atoms with van der Waals surface area (Å²) in [6.45, 7) is 6.68. The predicted octanol–water partition coefficient (Wildman–Crippen LogP) is 3.58. The van der Waals surface area contributed by atoms with E-state index in [1.54, 1.807) is 12.1 Å². The molecule has 1 amide bonds. The Morgan fingerprint density at radius 1 is 1.17 bits per heavy atom. The number of carbonyl (C=O) groups excluding carboxylic acids is 1. The molecule has 0 unspecified atom stereocenters. The number of nitrogens with zero attached hydrogens (tertiary/aromatic N) is 1. The maximum absolute atomic E-state index is 12.0. The van der Waals surface area contributed by atoms with Gasteiger partial charge in [0.1, 0.15) is 11.5 Å². The Morgan fingerprint density at radius 3 is 2.50 bits per heavy atom. The molecule has 0 aliphatic carbocycles. The van der Waals surface area contributed by atoms with Gasteiger partial charge < -0.3 is 9.84 Å². The molecule has 24 heavy (non-hydrogen) atoms. The number of ether oxygens (including phenoxy) is 1. The molecule has 0 fully saturated rings. The highest BCUT2D eigenvalue weighted by molar-refractivity contribution is 6.01. The molecule has 0 aliphatic rings. The third kappa shape index (κ3) is 5.12. The molecule has 0 aliphatic heterocycles. The van der Waals surface area contributed by atoms with Crippen molar-refractivity contribution >= 4 is 11.6 Å². The third-order valence-corrected chi connectivity index (χ3v) is 3.29. The largest absolute Gasteiger partial charge is 0.508 e. The zero-order valence-corrected chi connectivity index (χ0v) is 14.1. The Kier molecular flexibility index (Phi) is 5.95. The molecule has 0 spiro atoms. The van der Waals surface area contributed by atoms with Gasteiger partial charge in [-0.15, -0.1) is 0 Å². The molecule has 0 saturated heterocycles. The van der Waals surface area contributed by atoms with Gasteiger partial charge in [0.2, 0.25) is 0 Å². The van der Waals surface area contributed by atoms with Crippen molar-refractivity contribution in [3.63, 3.8) is 0 Å². The summed E-state index contributed by atoms with van der Waals surface area (Å²) in [7, 11) is 0. The number of rotatable bonds is 6. The molecule has 0 aromatic heterocycles. The Balaban J connectivity index is 1.98. The van der Waals surface area contributed by atoms with Crippen molar-refractivity contribution in [2.75, 3.05) is 6.61 Å². The van der Waals surface area contributed by atoms with Gasteiger partial charge in [-0.1, -0.05) is 19.9 Å². The van der Waals surface area contributed by atoms with E-state index >= 15 is 0 Å². The summed E-state index contributed by atoms with van der Waals surface area (Å²) >= 11 is 0. The average Bonchev–Trinajstić information content (AvgIpc) is 2.58. The second-order valence-electron chi connectivity index (χ2n) is 5.92. The van der Waals surface area contributed by atoms with Gasteiger partial charge in [-0.2, -0.15) is 5.10 Å². The van der Waals surface area contributed by atoms with Crippen molar-refractivity contribution < 1.29 is 14.6 Å². The molecule has 0 atom stereocenters. The van der Waals surface area contributed by atoms with E-state index in [0.717, 1.165) is 11.3 Å². The van der Waals surface area contributed by atoms with Gasteiger partial charge in [0.05, 0.1) is 12.3 Å². The normalized spacial score (nSPS) is 11.4. The van der Waals surface area contributed by atoms with Gasteiger partial charge in [0.25, 0.3) is 5.91 Å². The molecule has 0 radical (unpaired) electrons. The summed E-state index contributed by atoms with van der Waals surface area (Å²) in [6, 6.07) is 13.7. The van der Waals surface area contributed by atoms with Crippen LogP contribution in [0.1, 0.15) is 36.7 Å². The molecular formula is C19H22N2O3. The minimum atomic E-state index is -0.373. The van der Waals surface area contributed by atoms with E-state index < -0.39 is 0 Å². The summed E-state index contributed by atoms with van der Waals surface area (Å²) in [4.78, 5) is 12.0. The van der Waals surface area contributed by atoms with Crippen LogP contribution in [0.2, 0.25) is 0 Å². The van der Waals surface area contributed by atoms with Crippen LogP contribution in [-0.4, -0.2) is 23.3 Å². The standard InChI is InChI=1S/C19H22N2O3/c1-13(2)12-24-18-9-7-15(8-10-18)14(3)20-21-19(23)16-5-4-6-17(22)11-16/h4-11,13,22H,12H2,1-3H3,(H,21,23)/b20-14-. The molecule has 0 heterocycles. The Morgan fingerprint density at radius 2 is 1.88 bits per heavy atom. The lowest BCUT2D eigenvalue weighted by Gasteiger charge is -2.09. The highest BCUT2D eigenvalue weighted by atomic mass is 16.5. The molecular weight excluding hydrogens is 304 g/mol. The number of hydrogen-bond acceptors (Lipinski definition) is 4. The van der Waals surface area contributed by atoms with Gasteiger partial charge in [0.15, 0.2) is 0 Å². The van der Waals surface area contributed by atoms with E-state index in [9.17, 15) is 9.90 Å². The van der Waals surface area contributed by atoms with Crippen LogP contribution in [0.25, 0.3) is 0 Å². The molecule has 2 aromatic rings. The lowest BCUT2D eigenvalue weighted by atomic mass is 10.1. The second-order valence-corrected chi connectivity index (χ2v) is 5.92. The Hall–Kier alpha value is -2.82. The number of nitrogens with one attached hydrogen (secondary N) is 1. The number of phenols is 1. The number of hydrogen-bond donors (Lipinski definition) is 2. The number of benzene rings is 2. The minimum absolute atomic E-state index is 0.0420. The molecule has 5 heteroatoms. The summed E-state index contributed by atoms with van der Waals surface area (Å²) in [5.41, 5.74) is 4.41. The van der Waals surface area contributed by atoms with E-state index in [2.05, 4.69) is 24.4 Å². The van der Waals surface area contributed by atoms with E-state index in [1.165, 1.54) is 12.1 Å². The van der Waals surface area contributed by atoms with Crippen LogP contribution in [-0.2, 0) is 0 Å². The zero-order valence-electron chi connectivity index (χ0n) is 14.1. The maximum Gasteiger partial charge on any atom is 0.271 e. The minimum Gasteiger partial charge on any atom is -0.508 e. The van der Waals surface area contributed by atoms with Gasteiger partial charge in [-0.3, -0.25) is 4.79 Å². The SMILES string of the molecule is C/C(=N/NC(=O)c1cccc(O)c1)c1ccc(OCC(C)C)cc1. The number of phenolic OH excluding ortho intramolecular Hbond substituents is 1. The number of amides is 1. The summed E-state index contributed by atoms with van der Waals surface area (Å²) < 4.78 is 5.64. The molecule has 126 valence electrons. The lowest BCUT2D eigenvalue weighted by Crippen LogP contribution is -2.19. The number of aromatic hydroxyl groups is 1. The first-order valence-corrected chi connectivity index (χ1v) is 7.82. The number of hydrazone groups is 1. The smallest absolute Gasteiger partial charge is 0.271 e. The summed E-state index contributed by atoms with van der Waals surface area (Å²) in [6.07, 6.45) is 0. The predicted molar refractivity (Wildman–Crippen MR) is 94.6 cm³/mol. The Labute approximate surface area is 142 Å². The van der Waals surface area contributed by atoms with Gasteiger partial charge in [0, 0.05) is 5.56 Å². The molecule has 5 nitrogen and oxygen atoms in total. The van der Waals surface area contributed by atoms with Crippen LogP contribution in [0.3, 0.4) is 0 Å². The fraction of sp³-hybridized carbons (Fsp3) is 0.263. The number of carbonyl (C=O) groups is 1. The third-order valence-electron chi connectivity index (χ3n) is 3.29. The highest BCUT2D eigenvalue weighted by Crippen LogP contribution is 2.14. The first-order valence-electron chi connectivity index (χ1n) is 7.82. The Bertz CT molecular complexity index is 722. The topological polar surface area (TPSA) is 70.9 Å². The van der Waals surface area contributed by atoms with Crippen LogP contribution in [0, 0.1) is 5.92 Å². The van der Waals surface area contributed by atoms with Crippen LogP contribution in [0.4, 0.5) is 0 Å². The maximum atomic E-state index is 12.0. The highest BCUT2D eigenvalue weighted by Gasteiger charge is 2.06. The van der Waals surface area contributed by atoms with Crippen molar-refractivity contribution in [1.82, 2.24) is 5.43 Å². The van der Waals surface area contributed by atoms with Crippen LogP contribution >= 0.6 is 0 Å². The van der Waals surface area contributed by atoms with E-state index in [1.807, 2.05) is 31.2 Å². The van der Waals surface area contributed by atoms with Crippen molar-refractivity contribution in [3.05, 3.63) is 59.7 Å². The molecule has 2 N–H and O–H groups in total. The summed E-state index contributed by atoms with van der Waals surface area (Å²) in [5.74, 6) is 0.951. The van der Waals surface area contributed by atoms with Gasteiger partial charge in [-0.05, 0) is 60.9 Å². The zero-order chi connectivity index (χ0) is 17.5. The monoisotopic (exact) mass is 326 g/mol. The van der Waals surface area contributed by atoms with E-state index in [4.69, 9.17) is 4.74 Å². The van der Waals surface area contributed by atoms with Crippen molar-refractivity contribution in [2.24, 2.45) is 11.0 Å². The van der Waals surface area contributed by atoms with Crippen molar-refractivity contribution in [1.29, 1.82) is 0 Å². The average molecular weight is 326 g/mol. The fourth-order valence-electron chi connectivity index (χ4n) is 1.97. The second kappa shape index (κ2) is 8.15. The molecule has 2 aromatic carbocycles. The van der Waals surface area contributed by atoms with Crippen molar-refractivity contribution in [2.45, 2.75) is 20.8 Å². The van der Waals surface area contributed by atoms with Crippen LogP contribution < -0.4 is 10.2 Å². The summed E-state index contributed by atoms with van der Waals surface area (Å²) in [5, 5.41) is 13.5. The van der Waals surface area contributed by atoms with Gasteiger partial charge >= 0.3 is 0 Å².